The van der Waals surface area contributed by atoms with Crippen LogP contribution >= 0.6 is 23.1 Å². The molecule has 0 unspecified atom stereocenters. The molecule has 0 aliphatic heterocycles. The van der Waals surface area contributed by atoms with Crippen LogP contribution in [0.5, 0.6) is 5.75 Å². The third kappa shape index (κ3) is 4.23. The Morgan fingerprint density at radius 3 is 2.41 bits per heavy atom. The number of carbonyl (C=O) groups excluding carboxylic acids is 1. The molecule has 8 heteroatoms. The van der Waals surface area contributed by atoms with E-state index in [2.05, 4.69) is 20.8 Å². The van der Waals surface area contributed by atoms with Gasteiger partial charge >= 0.3 is 0 Å². The molecule has 0 saturated heterocycles. The molecule has 4 fully saturated rings. The molecular formula is C21H26N4O2S2. The van der Waals surface area contributed by atoms with Gasteiger partial charge in [-0.15, -0.1) is 10.2 Å². The monoisotopic (exact) mass is 430 g/mol. The number of hydrogen-bond acceptors (Lipinski definition) is 7. The lowest BCUT2D eigenvalue weighted by molar-refractivity contribution is -0.124. The van der Waals surface area contributed by atoms with E-state index < -0.39 is 0 Å². The minimum Gasteiger partial charge on any atom is -0.497 e. The van der Waals surface area contributed by atoms with Crippen molar-refractivity contribution in [1.29, 1.82) is 0 Å². The standard InChI is InChI=1S/C21H26N4O2S2/c1-27-17-4-2-16(3-5-17)22-19-24-25-20(29-19)28-12-18(26)23-21-9-13-6-14(10-21)8-15(7-13)11-21/h2-5,13-15H,6-12H2,1H3,(H,22,24)(H,23,26). The van der Waals surface area contributed by atoms with Crippen molar-refractivity contribution < 1.29 is 9.53 Å². The first-order valence-electron chi connectivity index (χ1n) is 10.3. The summed E-state index contributed by atoms with van der Waals surface area (Å²) in [4.78, 5) is 12.7. The molecule has 6 nitrogen and oxygen atoms in total. The minimum atomic E-state index is 0.0780. The number of hydrogen-bond donors (Lipinski definition) is 2. The van der Waals surface area contributed by atoms with Crippen LogP contribution in [-0.4, -0.2) is 34.5 Å². The van der Waals surface area contributed by atoms with Gasteiger partial charge in [-0.3, -0.25) is 4.79 Å². The molecule has 0 atom stereocenters. The van der Waals surface area contributed by atoms with Gasteiger partial charge in [0, 0.05) is 11.2 Å². The second-order valence-corrected chi connectivity index (χ2v) is 11.0. The van der Waals surface area contributed by atoms with Gasteiger partial charge in [-0.05, 0) is 80.5 Å². The number of methoxy groups -OCH3 is 1. The summed E-state index contributed by atoms with van der Waals surface area (Å²) in [5, 5.41) is 15.8. The lowest BCUT2D eigenvalue weighted by atomic mass is 9.53. The zero-order valence-electron chi connectivity index (χ0n) is 16.5. The molecule has 1 heterocycles. The maximum Gasteiger partial charge on any atom is 0.230 e. The Morgan fingerprint density at radius 2 is 1.79 bits per heavy atom. The topological polar surface area (TPSA) is 76.1 Å². The number of nitrogens with zero attached hydrogens (tertiary/aromatic N) is 2. The summed E-state index contributed by atoms with van der Waals surface area (Å²) in [6.07, 6.45) is 7.72. The number of aromatic nitrogens is 2. The van der Waals surface area contributed by atoms with Gasteiger partial charge in [0.1, 0.15) is 5.75 Å². The van der Waals surface area contributed by atoms with Crippen LogP contribution in [0.25, 0.3) is 0 Å². The van der Waals surface area contributed by atoms with Gasteiger partial charge < -0.3 is 15.4 Å². The molecule has 1 aromatic heterocycles. The Balaban J connectivity index is 1.13. The van der Waals surface area contributed by atoms with E-state index >= 15 is 0 Å². The van der Waals surface area contributed by atoms with Gasteiger partial charge in [-0.2, -0.15) is 0 Å². The van der Waals surface area contributed by atoms with E-state index in [1.54, 1.807) is 7.11 Å². The van der Waals surface area contributed by atoms with Crippen molar-refractivity contribution in [2.75, 3.05) is 18.2 Å². The summed E-state index contributed by atoms with van der Waals surface area (Å²) in [6.45, 7) is 0. The van der Waals surface area contributed by atoms with Gasteiger partial charge in [0.25, 0.3) is 0 Å². The number of anilines is 2. The first-order valence-corrected chi connectivity index (χ1v) is 12.1. The number of ether oxygens (including phenoxy) is 1. The second kappa shape index (κ2) is 7.80. The average Bonchev–Trinajstić information content (AvgIpc) is 3.13. The van der Waals surface area contributed by atoms with Crippen molar-refractivity contribution in [3.05, 3.63) is 24.3 Å². The smallest absolute Gasteiger partial charge is 0.230 e. The molecule has 154 valence electrons. The zero-order chi connectivity index (χ0) is 19.8. The van der Waals surface area contributed by atoms with Crippen LogP contribution in [0, 0.1) is 17.8 Å². The molecule has 4 aliphatic carbocycles. The lowest BCUT2D eigenvalue weighted by Gasteiger charge is -2.56. The summed E-state index contributed by atoms with van der Waals surface area (Å²) in [6, 6.07) is 7.67. The molecule has 0 spiro atoms. The molecule has 1 amide bonds. The zero-order valence-corrected chi connectivity index (χ0v) is 18.2. The molecule has 1 aromatic carbocycles. The van der Waals surface area contributed by atoms with Gasteiger partial charge in [-0.1, -0.05) is 23.1 Å². The molecule has 2 N–H and O–H groups in total. The lowest BCUT2D eigenvalue weighted by Crippen LogP contribution is -2.60. The summed E-state index contributed by atoms with van der Waals surface area (Å²) >= 11 is 2.94. The van der Waals surface area contributed by atoms with Crippen molar-refractivity contribution in [1.82, 2.24) is 15.5 Å². The highest BCUT2D eigenvalue weighted by Gasteiger charge is 2.51. The predicted octanol–water partition coefficient (Wildman–Crippen LogP) is 4.47. The Labute approximate surface area is 179 Å². The van der Waals surface area contributed by atoms with Crippen LogP contribution in [0.3, 0.4) is 0 Å². The fourth-order valence-electron chi connectivity index (χ4n) is 5.84. The van der Waals surface area contributed by atoms with Gasteiger partial charge in [0.2, 0.25) is 11.0 Å². The van der Waals surface area contributed by atoms with E-state index in [0.29, 0.717) is 5.75 Å². The summed E-state index contributed by atoms with van der Waals surface area (Å²) in [7, 11) is 1.65. The Morgan fingerprint density at radius 1 is 1.14 bits per heavy atom. The summed E-state index contributed by atoms with van der Waals surface area (Å²) in [5.41, 5.74) is 1.01. The van der Waals surface area contributed by atoms with E-state index in [0.717, 1.165) is 38.7 Å². The summed E-state index contributed by atoms with van der Waals surface area (Å²) in [5.74, 6) is 3.86. The average molecular weight is 431 g/mol. The van der Waals surface area contributed by atoms with Gasteiger partial charge in [0.05, 0.1) is 12.9 Å². The van der Waals surface area contributed by atoms with E-state index in [4.69, 9.17) is 4.74 Å². The number of thioether (sulfide) groups is 1. The molecule has 0 radical (unpaired) electrons. The van der Waals surface area contributed by atoms with Gasteiger partial charge in [-0.25, -0.2) is 0 Å². The van der Waals surface area contributed by atoms with E-state index in [9.17, 15) is 4.79 Å². The number of carbonyl (C=O) groups is 1. The van der Waals surface area contributed by atoms with Crippen LogP contribution in [0.2, 0.25) is 0 Å². The normalized spacial score (nSPS) is 29.6. The molecule has 6 rings (SSSR count). The highest BCUT2D eigenvalue weighted by atomic mass is 32.2. The van der Waals surface area contributed by atoms with Crippen molar-refractivity contribution in [3.63, 3.8) is 0 Å². The first kappa shape index (κ1) is 19.2. The van der Waals surface area contributed by atoms with Crippen molar-refractivity contribution in [3.8, 4) is 5.75 Å². The molecule has 4 bridgehead atoms. The largest absolute Gasteiger partial charge is 0.497 e. The minimum absolute atomic E-state index is 0.0780. The Bertz CT molecular complexity index is 848. The van der Waals surface area contributed by atoms with Crippen LogP contribution in [0.4, 0.5) is 10.8 Å². The fraction of sp³-hybridized carbons (Fsp3) is 0.571. The Kier molecular flexibility index (Phi) is 5.16. The third-order valence-corrected chi connectivity index (χ3v) is 8.49. The molecule has 4 aliphatic rings. The quantitative estimate of drug-likeness (QED) is 0.632. The fourth-order valence-corrected chi connectivity index (χ4v) is 7.41. The molecular weight excluding hydrogens is 404 g/mol. The van der Waals surface area contributed by atoms with E-state index in [-0.39, 0.29) is 11.4 Å². The summed E-state index contributed by atoms with van der Waals surface area (Å²) < 4.78 is 5.98. The third-order valence-electron chi connectivity index (χ3n) is 6.52. The number of benzene rings is 1. The predicted molar refractivity (Wildman–Crippen MR) is 116 cm³/mol. The van der Waals surface area contributed by atoms with E-state index in [1.165, 1.54) is 61.6 Å². The second-order valence-electron chi connectivity index (χ2n) is 8.76. The highest BCUT2D eigenvalue weighted by molar-refractivity contribution is 8.01. The van der Waals surface area contributed by atoms with Crippen LogP contribution in [0.1, 0.15) is 38.5 Å². The SMILES string of the molecule is COc1ccc(Nc2nnc(SCC(=O)NC34CC5CC(CC(C5)C3)C4)s2)cc1. The first-order chi connectivity index (χ1) is 14.1. The van der Waals surface area contributed by atoms with E-state index in [1.807, 2.05) is 24.3 Å². The number of nitrogens with one attached hydrogen (secondary N) is 2. The maximum atomic E-state index is 12.7. The molecule has 29 heavy (non-hydrogen) atoms. The Hall–Kier alpha value is -1.80. The maximum absolute atomic E-state index is 12.7. The van der Waals surface area contributed by atoms with Crippen molar-refractivity contribution in [2.45, 2.75) is 48.4 Å². The highest BCUT2D eigenvalue weighted by Crippen LogP contribution is 2.55. The van der Waals surface area contributed by atoms with Gasteiger partial charge in [0.15, 0.2) is 4.34 Å². The number of amides is 1. The molecule has 2 aromatic rings. The number of rotatable bonds is 7. The van der Waals surface area contributed by atoms with Crippen molar-refractivity contribution in [2.24, 2.45) is 17.8 Å². The van der Waals surface area contributed by atoms with Crippen LogP contribution < -0.4 is 15.4 Å². The van der Waals surface area contributed by atoms with Crippen LogP contribution in [0.15, 0.2) is 28.6 Å². The van der Waals surface area contributed by atoms with Crippen LogP contribution in [-0.2, 0) is 4.79 Å². The van der Waals surface area contributed by atoms with Crippen molar-refractivity contribution >= 4 is 39.8 Å². The molecule has 4 saturated carbocycles.